The van der Waals surface area contributed by atoms with Crippen LogP contribution in [0.2, 0.25) is 0 Å². The maximum Gasteiger partial charge on any atom is 1.00 e. The summed E-state index contributed by atoms with van der Waals surface area (Å²) in [4.78, 5) is 0. The molecular weight excluding hydrogens is 215 g/mol. The molecule has 0 aromatic rings. The maximum atomic E-state index is 10.7. The van der Waals surface area contributed by atoms with Crippen molar-refractivity contribution in [2.75, 3.05) is 18.1 Å². The standard InChI is InChI=1S/C4H10O6S2.Li/c1-2-10-12(8,9)4-3-11(5,6)7;/h2-4H2,1H3,(H,5,6,7);/q;+1/p-1. The van der Waals surface area contributed by atoms with E-state index >= 15 is 0 Å². The van der Waals surface area contributed by atoms with Gasteiger partial charge in [-0.05, 0) is 6.92 Å². The summed E-state index contributed by atoms with van der Waals surface area (Å²) < 4.78 is 55.5. The maximum absolute atomic E-state index is 10.7. The summed E-state index contributed by atoms with van der Waals surface area (Å²) in [5.74, 6) is -1.73. The second-order valence-corrected chi connectivity index (χ2v) is 5.21. The zero-order valence-electron chi connectivity index (χ0n) is 7.39. The molecule has 0 saturated carbocycles. The van der Waals surface area contributed by atoms with Crippen LogP contribution in [-0.4, -0.2) is 39.5 Å². The van der Waals surface area contributed by atoms with Crippen molar-refractivity contribution in [3.63, 3.8) is 0 Å². The average Bonchev–Trinajstić information content (AvgIpc) is 1.83. The first-order valence-electron chi connectivity index (χ1n) is 3.07. The van der Waals surface area contributed by atoms with Gasteiger partial charge in [-0.2, -0.15) is 8.42 Å². The van der Waals surface area contributed by atoms with Gasteiger partial charge in [-0.1, -0.05) is 0 Å². The third-order valence-electron chi connectivity index (χ3n) is 0.881. The minimum Gasteiger partial charge on any atom is -0.748 e. The molecule has 0 aliphatic carbocycles. The molecule has 0 rings (SSSR count). The molecule has 0 radical (unpaired) electrons. The quantitative estimate of drug-likeness (QED) is 0.267. The van der Waals surface area contributed by atoms with Crippen LogP contribution in [0.3, 0.4) is 0 Å². The van der Waals surface area contributed by atoms with Crippen LogP contribution in [0.1, 0.15) is 6.92 Å². The molecule has 0 atom stereocenters. The van der Waals surface area contributed by atoms with Gasteiger partial charge in [-0.25, -0.2) is 8.42 Å². The van der Waals surface area contributed by atoms with Crippen LogP contribution in [0.15, 0.2) is 0 Å². The predicted octanol–water partition coefficient (Wildman–Crippen LogP) is -4.10. The zero-order chi connectivity index (χ0) is 9.83. The molecular formula is C4H9LiO6S2. The van der Waals surface area contributed by atoms with Crippen LogP contribution >= 0.6 is 0 Å². The molecule has 9 heteroatoms. The minimum absolute atomic E-state index is 0. The topological polar surface area (TPSA) is 101 Å². The van der Waals surface area contributed by atoms with Gasteiger partial charge in [0, 0.05) is 0 Å². The van der Waals surface area contributed by atoms with Gasteiger partial charge in [0.15, 0.2) is 0 Å². The van der Waals surface area contributed by atoms with E-state index in [0.29, 0.717) is 0 Å². The normalized spacial score (nSPS) is 12.2. The molecule has 0 unspecified atom stereocenters. The number of rotatable bonds is 5. The van der Waals surface area contributed by atoms with E-state index in [1.54, 1.807) is 0 Å². The van der Waals surface area contributed by atoms with E-state index in [1.165, 1.54) is 6.92 Å². The Bertz CT molecular complexity index is 317. The third kappa shape index (κ3) is 10.3. The van der Waals surface area contributed by atoms with Crippen molar-refractivity contribution in [2.24, 2.45) is 0 Å². The van der Waals surface area contributed by atoms with Gasteiger partial charge < -0.3 is 4.55 Å². The van der Waals surface area contributed by atoms with Gasteiger partial charge in [-0.3, -0.25) is 4.18 Å². The number of hydrogen-bond acceptors (Lipinski definition) is 6. The fourth-order valence-electron chi connectivity index (χ4n) is 0.443. The van der Waals surface area contributed by atoms with E-state index in [-0.39, 0.29) is 25.5 Å². The Morgan fingerprint density at radius 1 is 1.15 bits per heavy atom. The molecule has 0 saturated heterocycles. The van der Waals surface area contributed by atoms with Gasteiger partial charge in [0.05, 0.1) is 28.2 Å². The Morgan fingerprint density at radius 3 is 1.92 bits per heavy atom. The molecule has 0 aromatic heterocycles. The summed E-state index contributed by atoms with van der Waals surface area (Å²) in [5.41, 5.74) is 0. The Kier molecular flexibility index (Phi) is 7.33. The largest absolute Gasteiger partial charge is 1.00 e. The minimum atomic E-state index is -4.48. The van der Waals surface area contributed by atoms with Crippen molar-refractivity contribution in [2.45, 2.75) is 6.92 Å². The molecule has 0 bridgehead atoms. The zero-order valence-corrected chi connectivity index (χ0v) is 9.02. The van der Waals surface area contributed by atoms with Gasteiger partial charge in [0.2, 0.25) is 0 Å². The van der Waals surface area contributed by atoms with E-state index in [1.807, 2.05) is 0 Å². The van der Waals surface area contributed by atoms with Crippen LogP contribution in [-0.2, 0) is 24.4 Å². The van der Waals surface area contributed by atoms with Crippen LogP contribution in [0.25, 0.3) is 0 Å². The second-order valence-electron chi connectivity index (χ2n) is 1.93. The monoisotopic (exact) mass is 224 g/mol. The molecule has 6 nitrogen and oxygen atoms in total. The summed E-state index contributed by atoms with van der Waals surface area (Å²) in [6.45, 7) is 1.38. The smallest absolute Gasteiger partial charge is 0.748 e. The van der Waals surface area contributed by atoms with E-state index in [9.17, 15) is 21.4 Å². The van der Waals surface area contributed by atoms with Gasteiger partial charge in [0.1, 0.15) is 0 Å². The van der Waals surface area contributed by atoms with Gasteiger partial charge in [0.25, 0.3) is 10.1 Å². The Labute approximate surface area is 89.7 Å². The summed E-state index contributed by atoms with van der Waals surface area (Å²) in [7, 11) is -8.33. The van der Waals surface area contributed by atoms with E-state index in [0.717, 1.165) is 0 Å². The molecule has 0 heterocycles. The number of hydrogen-bond donors (Lipinski definition) is 0. The first kappa shape index (κ1) is 15.9. The van der Waals surface area contributed by atoms with E-state index in [4.69, 9.17) is 0 Å². The first-order valence-corrected chi connectivity index (χ1v) is 6.23. The van der Waals surface area contributed by atoms with Crippen molar-refractivity contribution in [1.29, 1.82) is 0 Å². The van der Waals surface area contributed by atoms with Crippen molar-refractivity contribution in [3.05, 3.63) is 0 Å². The average molecular weight is 224 g/mol. The molecule has 0 aliphatic rings. The SMILES string of the molecule is CCOS(=O)(=O)CCS(=O)(=O)[O-].[Li+]. The Hall–Kier alpha value is 0.417. The third-order valence-corrected chi connectivity index (χ3v) is 3.14. The molecule has 0 fully saturated rings. The Balaban J connectivity index is 0. The van der Waals surface area contributed by atoms with Crippen LogP contribution in [0, 0.1) is 0 Å². The first-order chi connectivity index (χ1) is 5.27. The van der Waals surface area contributed by atoms with Crippen molar-refractivity contribution in [3.8, 4) is 0 Å². The van der Waals surface area contributed by atoms with Crippen LogP contribution < -0.4 is 18.9 Å². The summed E-state index contributed by atoms with van der Waals surface area (Å²) in [6, 6.07) is 0. The summed E-state index contributed by atoms with van der Waals surface area (Å²) in [5, 5.41) is 0. The van der Waals surface area contributed by atoms with Crippen LogP contribution in [0.5, 0.6) is 0 Å². The molecule has 13 heavy (non-hydrogen) atoms. The van der Waals surface area contributed by atoms with Gasteiger partial charge >= 0.3 is 18.9 Å². The molecule has 0 aromatic carbocycles. The van der Waals surface area contributed by atoms with Crippen molar-refractivity contribution < 1.29 is 44.4 Å². The Morgan fingerprint density at radius 2 is 1.62 bits per heavy atom. The fraction of sp³-hybridized carbons (Fsp3) is 1.00. The molecule has 74 valence electrons. The molecule has 0 N–H and O–H groups in total. The molecule has 0 spiro atoms. The predicted molar refractivity (Wildman–Crippen MR) is 40.0 cm³/mol. The van der Waals surface area contributed by atoms with Crippen molar-refractivity contribution >= 4 is 20.2 Å². The van der Waals surface area contributed by atoms with Crippen molar-refractivity contribution in [1.82, 2.24) is 0 Å². The summed E-state index contributed by atoms with van der Waals surface area (Å²) >= 11 is 0. The second kappa shape index (κ2) is 6.01. The van der Waals surface area contributed by atoms with E-state index < -0.39 is 31.7 Å². The van der Waals surface area contributed by atoms with E-state index in [2.05, 4.69) is 4.18 Å². The summed E-state index contributed by atoms with van der Waals surface area (Å²) in [6.07, 6.45) is 0. The molecule has 0 amide bonds. The fourth-order valence-corrected chi connectivity index (χ4v) is 2.55. The van der Waals surface area contributed by atoms with Gasteiger partial charge in [-0.15, -0.1) is 0 Å². The van der Waals surface area contributed by atoms with Crippen LogP contribution in [0.4, 0.5) is 0 Å². The molecule has 0 aliphatic heterocycles.